The summed E-state index contributed by atoms with van der Waals surface area (Å²) in [6.07, 6.45) is 0. The van der Waals surface area contributed by atoms with Crippen LogP contribution in [0, 0.1) is 0 Å². The van der Waals surface area contributed by atoms with Crippen LogP contribution in [-0.4, -0.2) is 7.11 Å². The molecule has 0 bridgehead atoms. The third kappa shape index (κ3) is 1.52. The van der Waals surface area contributed by atoms with Crippen LogP contribution in [0.1, 0.15) is 0 Å². The maximum Gasteiger partial charge on any atom is 0.253 e. The molecule has 2 aromatic carbocycles. The van der Waals surface area contributed by atoms with Crippen LogP contribution in [0.5, 0.6) is 5.75 Å². The van der Waals surface area contributed by atoms with E-state index in [4.69, 9.17) is 10.5 Å². The molecular formula is C11H10N2O3. The van der Waals surface area contributed by atoms with Crippen molar-refractivity contribution in [3.8, 4) is 5.75 Å². The van der Waals surface area contributed by atoms with Crippen molar-refractivity contribution in [1.29, 1.82) is 0 Å². The van der Waals surface area contributed by atoms with Crippen LogP contribution >= 0.6 is 0 Å². The molecular weight excluding hydrogens is 208 g/mol. The molecule has 0 heterocycles. The van der Waals surface area contributed by atoms with E-state index in [2.05, 4.69) is 5.32 Å². The molecule has 0 atom stereocenters. The van der Waals surface area contributed by atoms with Crippen molar-refractivity contribution in [2.75, 3.05) is 18.2 Å². The van der Waals surface area contributed by atoms with Crippen LogP contribution in [0.15, 0.2) is 33.9 Å². The fraction of sp³-hybridized carbons (Fsp3) is 0.0909. The predicted octanol–water partition coefficient (Wildman–Crippen LogP) is 0.617. The highest BCUT2D eigenvalue weighted by molar-refractivity contribution is 5.76. The zero-order chi connectivity index (χ0) is 11.7. The number of hydrogen-bond acceptors (Lipinski definition) is 5. The van der Waals surface area contributed by atoms with Gasteiger partial charge in [0.05, 0.1) is 7.11 Å². The molecule has 0 saturated carbocycles. The summed E-state index contributed by atoms with van der Waals surface area (Å²) in [6, 6.07) is 6.99. The lowest BCUT2D eigenvalue weighted by atomic mass is 10.2. The van der Waals surface area contributed by atoms with Gasteiger partial charge in [-0.3, -0.25) is 9.59 Å². The number of nitrogens with two attached hydrogens (primary N) is 1. The molecule has 82 valence electrons. The number of methoxy groups -OCH3 is 1. The van der Waals surface area contributed by atoms with Gasteiger partial charge >= 0.3 is 0 Å². The number of benzene rings is 1. The second-order valence-corrected chi connectivity index (χ2v) is 3.30. The molecule has 0 radical (unpaired) electrons. The maximum absolute atomic E-state index is 11.1. The van der Waals surface area contributed by atoms with Crippen LogP contribution in [0.2, 0.25) is 0 Å². The van der Waals surface area contributed by atoms with Gasteiger partial charge in [-0.1, -0.05) is 6.07 Å². The van der Waals surface area contributed by atoms with E-state index in [0.717, 1.165) is 0 Å². The first-order valence-corrected chi connectivity index (χ1v) is 4.63. The molecule has 0 aliphatic carbocycles. The molecule has 3 N–H and O–H groups in total. The largest absolute Gasteiger partial charge is 0.497 e. The van der Waals surface area contributed by atoms with Crippen LogP contribution < -0.4 is 26.6 Å². The molecule has 5 heteroatoms. The number of hydrogen-bond donors (Lipinski definition) is 2. The lowest BCUT2D eigenvalue weighted by molar-refractivity contribution is 0.415. The summed E-state index contributed by atoms with van der Waals surface area (Å²) in [7, 11) is 1.55. The Balaban J connectivity index is 2.28. The van der Waals surface area contributed by atoms with Crippen molar-refractivity contribution in [2.45, 2.75) is 0 Å². The van der Waals surface area contributed by atoms with Gasteiger partial charge < -0.3 is 15.8 Å². The van der Waals surface area contributed by atoms with E-state index in [1.807, 2.05) is 0 Å². The second kappa shape index (κ2) is 3.69. The molecule has 5 nitrogen and oxygen atoms in total. The third-order valence-corrected chi connectivity index (χ3v) is 2.29. The highest BCUT2D eigenvalue weighted by atomic mass is 16.5. The van der Waals surface area contributed by atoms with Crippen LogP contribution in [0.25, 0.3) is 0 Å². The summed E-state index contributed by atoms with van der Waals surface area (Å²) in [5.74, 6) is 0.655. The van der Waals surface area contributed by atoms with E-state index in [-0.39, 0.29) is 11.4 Å². The molecule has 0 saturated heterocycles. The Morgan fingerprint density at radius 3 is 2.62 bits per heavy atom. The Labute approximate surface area is 91.2 Å². The molecule has 2 rings (SSSR count). The zero-order valence-corrected chi connectivity index (χ0v) is 8.61. The van der Waals surface area contributed by atoms with Crippen LogP contribution in [-0.2, 0) is 0 Å². The highest BCUT2D eigenvalue weighted by Gasteiger charge is 2.17. The van der Waals surface area contributed by atoms with E-state index in [0.29, 0.717) is 11.4 Å². The first kappa shape index (κ1) is 10.2. The molecule has 0 spiro atoms. The topological polar surface area (TPSA) is 81.4 Å². The molecule has 0 fully saturated rings. The van der Waals surface area contributed by atoms with Gasteiger partial charge in [0.25, 0.3) is 10.9 Å². The highest BCUT2D eigenvalue weighted by Crippen LogP contribution is 2.21. The van der Waals surface area contributed by atoms with Crippen molar-refractivity contribution in [3.63, 3.8) is 0 Å². The van der Waals surface area contributed by atoms with Gasteiger partial charge in [-0.2, -0.15) is 0 Å². The van der Waals surface area contributed by atoms with Crippen molar-refractivity contribution in [3.05, 3.63) is 44.7 Å². The van der Waals surface area contributed by atoms with Crippen molar-refractivity contribution < 1.29 is 4.74 Å². The smallest absolute Gasteiger partial charge is 0.253 e. The lowest BCUT2D eigenvalue weighted by Gasteiger charge is -2.10. The number of nitrogens with one attached hydrogen (secondary N) is 1. The summed E-state index contributed by atoms with van der Waals surface area (Å²) in [4.78, 5) is 22.0. The Morgan fingerprint density at radius 2 is 2.00 bits per heavy atom. The van der Waals surface area contributed by atoms with Crippen LogP contribution in [0.4, 0.5) is 17.1 Å². The molecule has 2 aromatic rings. The molecule has 16 heavy (non-hydrogen) atoms. The Hall–Kier alpha value is -2.30. The Bertz CT molecular complexity index is 597. The van der Waals surface area contributed by atoms with Gasteiger partial charge in [0.1, 0.15) is 17.1 Å². The van der Waals surface area contributed by atoms with Crippen molar-refractivity contribution >= 4 is 17.1 Å². The monoisotopic (exact) mass is 218 g/mol. The predicted molar refractivity (Wildman–Crippen MR) is 62.0 cm³/mol. The maximum atomic E-state index is 11.1. The summed E-state index contributed by atoms with van der Waals surface area (Å²) in [5, 5.41) is 2.79. The van der Waals surface area contributed by atoms with E-state index < -0.39 is 10.9 Å². The Morgan fingerprint density at radius 1 is 1.25 bits per heavy atom. The summed E-state index contributed by atoms with van der Waals surface area (Å²) >= 11 is 0. The minimum absolute atomic E-state index is 0.0205. The average Bonchev–Trinajstić information content (AvgIpc) is 2.34. The first-order chi connectivity index (χ1) is 7.63. The average molecular weight is 218 g/mol. The fourth-order valence-corrected chi connectivity index (χ4v) is 1.38. The van der Waals surface area contributed by atoms with E-state index >= 15 is 0 Å². The fourth-order valence-electron chi connectivity index (χ4n) is 1.38. The minimum atomic E-state index is -0.634. The van der Waals surface area contributed by atoms with E-state index in [9.17, 15) is 9.59 Å². The van der Waals surface area contributed by atoms with Crippen molar-refractivity contribution in [1.82, 2.24) is 0 Å². The van der Waals surface area contributed by atoms with Crippen molar-refractivity contribution in [2.24, 2.45) is 0 Å². The van der Waals surface area contributed by atoms with E-state index in [1.54, 1.807) is 31.4 Å². The third-order valence-electron chi connectivity index (χ3n) is 2.29. The SMILES string of the molecule is COc1cccc(Nc2c(N)c(=O)c2=O)c1. The standard InChI is InChI=1S/C11H10N2O3/c1-16-7-4-2-3-6(5-7)13-9-8(12)10(14)11(9)15/h2-5,13H,12H2,1H3. The van der Waals surface area contributed by atoms with Gasteiger partial charge in [0.15, 0.2) is 0 Å². The molecule has 0 aromatic heterocycles. The van der Waals surface area contributed by atoms with Crippen LogP contribution in [0.3, 0.4) is 0 Å². The Kier molecular flexibility index (Phi) is 2.36. The number of anilines is 3. The van der Waals surface area contributed by atoms with Gasteiger partial charge in [-0.25, -0.2) is 0 Å². The van der Waals surface area contributed by atoms with E-state index in [1.165, 1.54) is 0 Å². The normalized spacial score (nSPS) is 10.3. The summed E-state index contributed by atoms with van der Waals surface area (Å²) < 4.78 is 5.02. The zero-order valence-electron chi connectivity index (χ0n) is 8.61. The van der Waals surface area contributed by atoms with Gasteiger partial charge in [0.2, 0.25) is 0 Å². The van der Waals surface area contributed by atoms with Gasteiger partial charge in [-0.05, 0) is 12.1 Å². The second-order valence-electron chi connectivity index (χ2n) is 3.30. The minimum Gasteiger partial charge on any atom is -0.497 e. The summed E-state index contributed by atoms with van der Waals surface area (Å²) in [5.41, 5.74) is 4.96. The number of ether oxygens (including phenoxy) is 1. The number of rotatable bonds is 3. The summed E-state index contributed by atoms with van der Waals surface area (Å²) in [6.45, 7) is 0. The van der Waals surface area contributed by atoms with Gasteiger partial charge in [0, 0.05) is 11.8 Å². The molecule has 0 amide bonds. The molecule has 0 aliphatic heterocycles. The first-order valence-electron chi connectivity index (χ1n) is 4.63. The number of nitrogen functional groups attached to an aromatic ring is 1. The van der Waals surface area contributed by atoms with Gasteiger partial charge in [-0.15, -0.1) is 0 Å². The quantitative estimate of drug-likeness (QED) is 0.738. The molecule has 0 aliphatic rings. The molecule has 0 unspecified atom stereocenters. The lowest BCUT2D eigenvalue weighted by Crippen LogP contribution is -2.36.